The standard InChI is InChI=1S/C8H11O2P/c1-7(10-11)9-8-5-3-2-4-6-8/h2-7H,11H2,1H3. The summed E-state index contributed by atoms with van der Waals surface area (Å²) in [5.74, 6) is 0.822. The van der Waals surface area contributed by atoms with Gasteiger partial charge >= 0.3 is 0 Å². The molecule has 0 spiro atoms. The molecule has 1 aromatic carbocycles. The summed E-state index contributed by atoms with van der Waals surface area (Å²) in [5, 5.41) is 0. The molecule has 2 unspecified atom stereocenters. The summed E-state index contributed by atoms with van der Waals surface area (Å²) in [6.07, 6.45) is -0.220. The van der Waals surface area contributed by atoms with Crippen LogP contribution < -0.4 is 4.74 Å². The molecule has 0 aromatic heterocycles. The van der Waals surface area contributed by atoms with Crippen LogP contribution in [0, 0.1) is 0 Å². The van der Waals surface area contributed by atoms with Crippen LogP contribution in [-0.2, 0) is 4.52 Å². The zero-order chi connectivity index (χ0) is 8.10. The van der Waals surface area contributed by atoms with E-state index >= 15 is 0 Å². The average Bonchev–Trinajstić information content (AvgIpc) is 2.06. The van der Waals surface area contributed by atoms with Crippen LogP contribution in [0.5, 0.6) is 5.75 Å². The molecule has 2 atom stereocenters. The molecule has 0 heterocycles. The van der Waals surface area contributed by atoms with E-state index in [9.17, 15) is 0 Å². The lowest BCUT2D eigenvalue weighted by Gasteiger charge is -2.11. The third kappa shape index (κ3) is 2.87. The quantitative estimate of drug-likeness (QED) is 0.511. The monoisotopic (exact) mass is 170 g/mol. The van der Waals surface area contributed by atoms with Gasteiger partial charge < -0.3 is 9.26 Å². The van der Waals surface area contributed by atoms with Crippen LogP contribution in [0.4, 0.5) is 0 Å². The van der Waals surface area contributed by atoms with Crippen molar-refractivity contribution in [3.63, 3.8) is 0 Å². The van der Waals surface area contributed by atoms with Gasteiger partial charge in [0.1, 0.15) is 5.75 Å². The predicted molar refractivity (Wildman–Crippen MR) is 47.3 cm³/mol. The molecular formula is C8H11O2P. The SMILES string of the molecule is CC(OP)Oc1ccccc1. The molecule has 0 aliphatic carbocycles. The Kier molecular flexibility index (Phi) is 3.34. The van der Waals surface area contributed by atoms with Crippen molar-refractivity contribution in [1.29, 1.82) is 0 Å². The van der Waals surface area contributed by atoms with Gasteiger partial charge in [-0.05, 0) is 19.1 Å². The molecule has 0 N–H and O–H groups in total. The number of hydrogen-bond acceptors (Lipinski definition) is 2. The van der Waals surface area contributed by atoms with Crippen LogP contribution in [0.1, 0.15) is 6.92 Å². The van der Waals surface area contributed by atoms with Crippen LogP contribution in [0.3, 0.4) is 0 Å². The van der Waals surface area contributed by atoms with Gasteiger partial charge in [-0.15, -0.1) is 0 Å². The number of benzene rings is 1. The molecule has 0 radical (unpaired) electrons. The first kappa shape index (κ1) is 8.51. The highest BCUT2D eigenvalue weighted by Crippen LogP contribution is 2.11. The van der Waals surface area contributed by atoms with Gasteiger partial charge in [-0.1, -0.05) is 18.2 Å². The first-order valence-electron chi connectivity index (χ1n) is 3.40. The van der Waals surface area contributed by atoms with Gasteiger partial charge in [0.2, 0.25) is 0 Å². The van der Waals surface area contributed by atoms with Crippen molar-refractivity contribution < 1.29 is 9.26 Å². The van der Waals surface area contributed by atoms with Gasteiger partial charge in [0, 0.05) is 9.47 Å². The fourth-order valence-electron chi connectivity index (χ4n) is 0.718. The first-order valence-corrected chi connectivity index (χ1v) is 3.87. The van der Waals surface area contributed by atoms with Gasteiger partial charge in [-0.25, -0.2) is 0 Å². The van der Waals surface area contributed by atoms with Crippen LogP contribution in [0.15, 0.2) is 30.3 Å². The third-order valence-corrected chi connectivity index (χ3v) is 1.62. The molecule has 0 fully saturated rings. The minimum Gasteiger partial charge on any atom is -0.465 e. The van der Waals surface area contributed by atoms with Crippen LogP contribution in [0.2, 0.25) is 0 Å². The van der Waals surface area contributed by atoms with Crippen LogP contribution in [0.25, 0.3) is 0 Å². The van der Waals surface area contributed by atoms with E-state index < -0.39 is 0 Å². The van der Waals surface area contributed by atoms with E-state index in [-0.39, 0.29) is 6.29 Å². The highest BCUT2D eigenvalue weighted by Gasteiger charge is 1.98. The van der Waals surface area contributed by atoms with Gasteiger partial charge in [0.25, 0.3) is 0 Å². The maximum Gasteiger partial charge on any atom is 0.199 e. The molecule has 0 bridgehead atoms. The Labute approximate surface area is 68.8 Å². The number of rotatable bonds is 3. The van der Waals surface area contributed by atoms with E-state index in [2.05, 4.69) is 9.47 Å². The zero-order valence-electron chi connectivity index (χ0n) is 6.36. The maximum absolute atomic E-state index is 5.32. The van der Waals surface area contributed by atoms with Crippen LogP contribution in [-0.4, -0.2) is 6.29 Å². The van der Waals surface area contributed by atoms with Crippen molar-refractivity contribution in [2.24, 2.45) is 0 Å². The molecule has 0 aliphatic rings. The lowest BCUT2D eigenvalue weighted by atomic mass is 10.3. The molecule has 0 aliphatic heterocycles. The van der Waals surface area contributed by atoms with E-state index in [1.165, 1.54) is 0 Å². The Morgan fingerprint density at radius 2 is 1.91 bits per heavy atom. The molecule has 1 rings (SSSR count). The summed E-state index contributed by atoms with van der Waals surface area (Å²) >= 11 is 0. The predicted octanol–water partition coefficient (Wildman–Crippen LogP) is 2.22. The topological polar surface area (TPSA) is 18.5 Å². The van der Waals surface area contributed by atoms with Crippen molar-refractivity contribution >= 4 is 9.47 Å². The van der Waals surface area contributed by atoms with E-state index in [0.29, 0.717) is 0 Å². The van der Waals surface area contributed by atoms with Crippen molar-refractivity contribution in [1.82, 2.24) is 0 Å². The molecule has 1 aromatic rings. The van der Waals surface area contributed by atoms with Gasteiger partial charge in [-0.2, -0.15) is 0 Å². The zero-order valence-corrected chi connectivity index (χ0v) is 7.51. The molecule has 0 saturated carbocycles. The Hall–Kier alpha value is -0.590. The van der Waals surface area contributed by atoms with Crippen molar-refractivity contribution in [3.8, 4) is 5.75 Å². The normalized spacial score (nSPS) is 12.5. The minimum absolute atomic E-state index is 0.220. The highest BCUT2D eigenvalue weighted by atomic mass is 31.0. The summed E-state index contributed by atoms with van der Waals surface area (Å²) in [4.78, 5) is 0. The van der Waals surface area contributed by atoms with Gasteiger partial charge in [0.15, 0.2) is 6.29 Å². The Morgan fingerprint density at radius 1 is 1.27 bits per heavy atom. The summed E-state index contributed by atoms with van der Waals surface area (Å²) in [7, 11) is 2.16. The van der Waals surface area contributed by atoms with Gasteiger partial charge in [0.05, 0.1) is 0 Å². The number of ether oxygens (including phenoxy) is 1. The molecule has 0 amide bonds. The van der Waals surface area contributed by atoms with E-state index in [4.69, 9.17) is 9.26 Å². The van der Waals surface area contributed by atoms with Crippen molar-refractivity contribution in [3.05, 3.63) is 30.3 Å². The molecule has 2 nitrogen and oxygen atoms in total. The van der Waals surface area contributed by atoms with Gasteiger partial charge in [-0.3, -0.25) is 0 Å². The van der Waals surface area contributed by atoms with E-state index in [0.717, 1.165) is 5.75 Å². The molecule has 11 heavy (non-hydrogen) atoms. The van der Waals surface area contributed by atoms with Crippen molar-refractivity contribution in [2.75, 3.05) is 0 Å². The lowest BCUT2D eigenvalue weighted by Crippen LogP contribution is -2.10. The van der Waals surface area contributed by atoms with Crippen molar-refractivity contribution in [2.45, 2.75) is 13.2 Å². The maximum atomic E-state index is 5.32. The summed E-state index contributed by atoms with van der Waals surface area (Å²) in [6, 6.07) is 9.56. The molecular weight excluding hydrogens is 159 g/mol. The first-order chi connectivity index (χ1) is 5.33. The van der Waals surface area contributed by atoms with E-state index in [1.807, 2.05) is 37.3 Å². The largest absolute Gasteiger partial charge is 0.465 e. The summed E-state index contributed by atoms with van der Waals surface area (Å²) in [6.45, 7) is 1.83. The highest BCUT2D eigenvalue weighted by molar-refractivity contribution is 7.09. The lowest BCUT2D eigenvalue weighted by molar-refractivity contribution is 0.0390. The fourth-order valence-corrected chi connectivity index (χ4v) is 0.774. The summed E-state index contributed by atoms with van der Waals surface area (Å²) in [5.41, 5.74) is 0. The number of para-hydroxylation sites is 1. The second-order valence-corrected chi connectivity index (χ2v) is 2.41. The van der Waals surface area contributed by atoms with Crippen LogP contribution >= 0.6 is 9.47 Å². The number of hydrogen-bond donors (Lipinski definition) is 0. The second-order valence-electron chi connectivity index (χ2n) is 2.13. The molecule has 60 valence electrons. The molecule has 0 saturated heterocycles. The fraction of sp³-hybridized carbons (Fsp3) is 0.250. The Bertz CT molecular complexity index is 201. The van der Waals surface area contributed by atoms with E-state index in [1.54, 1.807) is 0 Å². The summed E-state index contributed by atoms with van der Waals surface area (Å²) < 4.78 is 10.2. The Balaban J connectivity index is 2.51. The molecule has 3 heteroatoms. The third-order valence-electron chi connectivity index (χ3n) is 1.24. The second kappa shape index (κ2) is 4.32. The minimum atomic E-state index is -0.220. The smallest absolute Gasteiger partial charge is 0.199 e. The Morgan fingerprint density at radius 3 is 2.45 bits per heavy atom. The average molecular weight is 170 g/mol.